The Bertz CT molecular complexity index is 1020. The highest BCUT2D eigenvalue weighted by Gasteiger charge is 2.21. The summed E-state index contributed by atoms with van der Waals surface area (Å²) in [5, 5.41) is 0. The molecule has 1 unspecified atom stereocenters. The fraction of sp³-hybridized carbons (Fsp3) is 0.586. The van der Waals surface area contributed by atoms with Crippen LogP contribution in [0.15, 0.2) is 43.0 Å². The fourth-order valence-electron chi connectivity index (χ4n) is 5.27. The van der Waals surface area contributed by atoms with Crippen LogP contribution >= 0.6 is 0 Å². The maximum Gasteiger partial charge on any atom is 0.122 e. The van der Waals surface area contributed by atoms with Crippen LogP contribution in [-0.4, -0.2) is 55.6 Å². The zero-order valence-electron chi connectivity index (χ0n) is 22.5. The Balaban J connectivity index is 1.30. The molecular weight excluding hydrogens is 448 g/mol. The van der Waals surface area contributed by atoms with E-state index in [4.69, 9.17) is 4.74 Å². The van der Waals surface area contributed by atoms with Gasteiger partial charge in [0.1, 0.15) is 17.4 Å². The highest BCUT2D eigenvalue weighted by Crippen LogP contribution is 2.31. The summed E-state index contributed by atoms with van der Waals surface area (Å²) in [5.41, 5.74) is 2.62. The number of aromatic amines is 1. The van der Waals surface area contributed by atoms with E-state index in [1.165, 1.54) is 62.9 Å². The number of H-pyrrole nitrogens is 1. The van der Waals surface area contributed by atoms with Gasteiger partial charge in [0.05, 0.1) is 19.7 Å². The Morgan fingerprint density at radius 1 is 1.00 bits per heavy atom. The van der Waals surface area contributed by atoms with E-state index in [2.05, 4.69) is 61.4 Å². The largest absolute Gasteiger partial charge is 0.493 e. The van der Waals surface area contributed by atoms with Gasteiger partial charge in [-0.3, -0.25) is 4.90 Å². The number of imidazole rings is 2. The van der Waals surface area contributed by atoms with Crippen LogP contribution in [0.3, 0.4) is 0 Å². The molecular formula is C29H44N6O. The van der Waals surface area contributed by atoms with Crippen LogP contribution in [0.25, 0.3) is 0 Å². The first-order valence-electron chi connectivity index (χ1n) is 13.8. The van der Waals surface area contributed by atoms with Gasteiger partial charge in [0.2, 0.25) is 0 Å². The van der Waals surface area contributed by atoms with Crippen LogP contribution in [-0.2, 0) is 33.1 Å². The summed E-state index contributed by atoms with van der Waals surface area (Å²) in [7, 11) is 2.04. The Kier molecular flexibility index (Phi) is 9.99. The first kappa shape index (κ1) is 26.4. The van der Waals surface area contributed by atoms with E-state index in [0.29, 0.717) is 5.92 Å². The van der Waals surface area contributed by atoms with Gasteiger partial charge < -0.3 is 19.2 Å². The fourth-order valence-corrected chi connectivity index (χ4v) is 5.27. The van der Waals surface area contributed by atoms with Gasteiger partial charge in [-0.25, -0.2) is 9.97 Å². The summed E-state index contributed by atoms with van der Waals surface area (Å²) in [6.45, 7) is 11.4. The second kappa shape index (κ2) is 13.6. The first-order chi connectivity index (χ1) is 17.6. The van der Waals surface area contributed by atoms with Crippen molar-refractivity contribution in [2.24, 2.45) is 13.0 Å². The number of nitrogens with one attached hydrogen (secondary N) is 1. The van der Waals surface area contributed by atoms with Gasteiger partial charge in [-0.1, -0.05) is 32.4 Å². The number of ether oxygens (including phenoxy) is 1. The van der Waals surface area contributed by atoms with E-state index in [9.17, 15) is 0 Å². The van der Waals surface area contributed by atoms with Crippen molar-refractivity contribution in [3.05, 3.63) is 65.8 Å². The molecule has 0 saturated heterocycles. The van der Waals surface area contributed by atoms with Crippen LogP contribution in [0.5, 0.6) is 5.75 Å². The zero-order chi connectivity index (χ0) is 25.2. The molecule has 1 aromatic carbocycles. The van der Waals surface area contributed by atoms with Crippen LogP contribution in [0, 0.1) is 5.92 Å². The number of aromatic nitrogens is 4. The lowest BCUT2D eigenvalue weighted by atomic mass is 9.91. The average molecular weight is 493 g/mol. The van der Waals surface area contributed by atoms with E-state index >= 15 is 0 Å². The lowest BCUT2D eigenvalue weighted by Crippen LogP contribution is -2.27. The van der Waals surface area contributed by atoms with Crippen molar-refractivity contribution in [1.82, 2.24) is 29.3 Å². The van der Waals surface area contributed by atoms with E-state index in [0.717, 1.165) is 50.1 Å². The summed E-state index contributed by atoms with van der Waals surface area (Å²) in [4.78, 5) is 17.2. The van der Waals surface area contributed by atoms with Crippen molar-refractivity contribution >= 4 is 0 Å². The van der Waals surface area contributed by atoms with Gasteiger partial charge in [0.15, 0.2) is 0 Å². The van der Waals surface area contributed by atoms with Crippen LogP contribution in [0.4, 0.5) is 0 Å². The zero-order valence-corrected chi connectivity index (χ0v) is 22.5. The third kappa shape index (κ3) is 7.68. The number of nitrogens with zero attached hydrogens (tertiary/aromatic N) is 5. The topological polar surface area (TPSA) is 62.2 Å². The minimum absolute atomic E-state index is 0.632. The lowest BCUT2D eigenvalue weighted by molar-refractivity contribution is 0.205. The molecule has 3 heterocycles. The van der Waals surface area contributed by atoms with Gasteiger partial charge in [0.25, 0.3) is 0 Å². The first-order valence-corrected chi connectivity index (χ1v) is 13.8. The van der Waals surface area contributed by atoms with Crippen LogP contribution < -0.4 is 4.74 Å². The van der Waals surface area contributed by atoms with Crippen molar-refractivity contribution in [1.29, 1.82) is 0 Å². The summed E-state index contributed by atoms with van der Waals surface area (Å²) in [5.74, 6) is 3.71. The molecule has 0 aliphatic carbocycles. The van der Waals surface area contributed by atoms with E-state index in [1.54, 1.807) is 0 Å². The molecule has 0 saturated carbocycles. The molecule has 1 atom stereocenters. The normalized spacial score (nSPS) is 15.4. The van der Waals surface area contributed by atoms with Crippen molar-refractivity contribution in [2.75, 3.05) is 26.2 Å². The van der Waals surface area contributed by atoms with Crippen molar-refractivity contribution < 1.29 is 4.74 Å². The maximum atomic E-state index is 6.28. The molecule has 196 valence electrons. The molecule has 1 aliphatic heterocycles. The Morgan fingerprint density at radius 3 is 2.58 bits per heavy atom. The smallest absolute Gasteiger partial charge is 0.122 e. The number of aryl methyl sites for hydroxylation is 1. The van der Waals surface area contributed by atoms with E-state index in [-0.39, 0.29) is 0 Å². The molecule has 4 rings (SSSR count). The standard InChI is InChI=1S/C29H44N6O/c1-4-14-34(15-5-2)16-7-6-8-25-18-26-10-9-24(19-27(26)36-23-25)20-35(21-28-30-11-12-31-28)22-29-32-13-17-33(29)3/h9-13,17,19,25H,4-8,14-16,18,20-23H2,1-3H3,(H,30,31). The second-order valence-electron chi connectivity index (χ2n) is 10.3. The van der Waals surface area contributed by atoms with Crippen molar-refractivity contribution in [2.45, 2.75) is 72.0 Å². The predicted octanol–water partition coefficient (Wildman–Crippen LogP) is 5.19. The molecule has 1 aliphatic rings. The average Bonchev–Trinajstić information content (AvgIpc) is 3.54. The van der Waals surface area contributed by atoms with Gasteiger partial charge in [-0.15, -0.1) is 0 Å². The number of unbranched alkanes of at least 4 members (excludes halogenated alkanes) is 1. The Labute approximate surface area is 216 Å². The van der Waals surface area contributed by atoms with Crippen LogP contribution in [0.1, 0.15) is 68.7 Å². The summed E-state index contributed by atoms with van der Waals surface area (Å²) >= 11 is 0. The van der Waals surface area contributed by atoms with Crippen molar-refractivity contribution in [3.8, 4) is 5.75 Å². The summed E-state index contributed by atoms with van der Waals surface area (Å²) in [6, 6.07) is 6.80. The van der Waals surface area contributed by atoms with E-state index in [1.807, 2.05) is 31.8 Å². The summed E-state index contributed by atoms with van der Waals surface area (Å²) in [6.07, 6.45) is 15.0. The molecule has 0 fully saturated rings. The second-order valence-corrected chi connectivity index (χ2v) is 10.3. The molecule has 36 heavy (non-hydrogen) atoms. The SMILES string of the molecule is CCCN(CCC)CCCCC1COc2cc(CN(Cc3ncc[nH]3)Cc3nccn3C)ccc2C1. The molecule has 0 bridgehead atoms. The highest BCUT2D eigenvalue weighted by molar-refractivity contribution is 5.39. The number of fused-ring (bicyclic) bond motifs is 1. The summed E-state index contributed by atoms with van der Waals surface area (Å²) < 4.78 is 8.36. The number of benzene rings is 1. The molecule has 1 N–H and O–H groups in total. The van der Waals surface area contributed by atoms with Gasteiger partial charge in [0, 0.05) is 38.4 Å². The number of hydrogen-bond acceptors (Lipinski definition) is 5. The third-order valence-corrected chi connectivity index (χ3v) is 7.15. The third-order valence-electron chi connectivity index (χ3n) is 7.15. The van der Waals surface area contributed by atoms with Gasteiger partial charge in [-0.05, 0) is 74.8 Å². The quantitative estimate of drug-likeness (QED) is 0.296. The van der Waals surface area contributed by atoms with Crippen LogP contribution in [0.2, 0.25) is 0 Å². The molecule has 2 aromatic heterocycles. The predicted molar refractivity (Wildman–Crippen MR) is 145 cm³/mol. The molecule has 7 heteroatoms. The minimum Gasteiger partial charge on any atom is -0.493 e. The molecule has 0 radical (unpaired) electrons. The minimum atomic E-state index is 0.632. The van der Waals surface area contributed by atoms with Gasteiger partial charge in [-0.2, -0.15) is 0 Å². The monoisotopic (exact) mass is 492 g/mol. The van der Waals surface area contributed by atoms with Gasteiger partial charge >= 0.3 is 0 Å². The molecule has 0 spiro atoms. The number of hydrogen-bond donors (Lipinski definition) is 1. The lowest BCUT2D eigenvalue weighted by Gasteiger charge is -2.27. The molecule has 3 aromatic rings. The Hall–Kier alpha value is -2.64. The highest BCUT2D eigenvalue weighted by atomic mass is 16.5. The van der Waals surface area contributed by atoms with E-state index < -0.39 is 0 Å². The Morgan fingerprint density at radius 2 is 1.86 bits per heavy atom. The maximum absolute atomic E-state index is 6.28. The van der Waals surface area contributed by atoms with Crippen molar-refractivity contribution in [3.63, 3.8) is 0 Å². The molecule has 0 amide bonds. The molecule has 7 nitrogen and oxygen atoms in total. The number of rotatable bonds is 15.